The van der Waals surface area contributed by atoms with E-state index in [4.69, 9.17) is 11.6 Å². The molecule has 0 saturated heterocycles. The molecule has 2 nitrogen and oxygen atoms in total. The fourth-order valence-electron chi connectivity index (χ4n) is 3.23. The number of hydrogen-bond donors (Lipinski definition) is 0. The normalized spacial score (nSPS) is 19.0. The van der Waals surface area contributed by atoms with E-state index in [2.05, 4.69) is 24.3 Å². The van der Waals surface area contributed by atoms with Gasteiger partial charge in [0.1, 0.15) is 0 Å². The predicted octanol–water partition coefficient (Wildman–Crippen LogP) is 3.02. The van der Waals surface area contributed by atoms with Crippen LogP contribution in [0, 0.1) is 5.92 Å². The summed E-state index contributed by atoms with van der Waals surface area (Å²) in [5.74, 6) is 1.00. The number of benzene rings is 1. The molecule has 1 aromatic rings. The summed E-state index contributed by atoms with van der Waals surface area (Å²) in [4.78, 5) is 14.8. The summed E-state index contributed by atoms with van der Waals surface area (Å²) >= 11 is 5.87. The lowest BCUT2D eigenvalue weighted by atomic mass is 9.90. The third kappa shape index (κ3) is 2.51. The van der Waals surface area contributed by atoms with Gasteiger partial charge in [0, 0.05) is 24.4 Å². The number of hydrogen-bond acceptors (Lipinski definition) is 1. The lowest BCUT2D eigenvalue weighted by Crippen LogP contribution is -2.48. The molecule has 2 aliphatic carbocycles. The van der Waals surface area contributed by atoms with Crippen molar-refractivity contribution in [3.05, 3.63) is 35.4 Å². The molecule has 1 fully saturated rings. The van der Waals surface area contributed by atoms with E-state index in [1.807, 2.05) is 4.90 Å². The van der Waals surface area contributed by atoms with Gasteiger partial charge in [0.15, 0.2) is 0 Å². The fourth-order valence-corrected chi connectivity index (χ4v) is 3.41. The summed E-state index contributed by atoms with van der Waals surface area (Å²) in [6.07, 6.45) is 5.37. The molecule has 0 atom stereocenters. The Labute approximate surface area is 119 Å². The van der Waals surface area contributed by atoms with E-state index in [0.29, 0.717) is 24.4 Å². The highest BCUT2D eigenvalue weighted by Gasteiger charge is 2.35. The van der Waals surface area contributed by atoms with Crippen LogP contribution in [0.5, 0.6) is 0 Å². The van der Waals surface area contributed by atoms with E-state index in [1.165, 1.54) is 17.5 Å². The Balaban J connectivity index is 1.70. The third-order valence-electron chi connectivity index (χ3n) is 4.52. The number of carbonyl (C=O) groups excluding carboxylic acids is 1. The van der Waals surface area contributed by atoms with Crippen LogP contribution in [-0.2, 0) is 17.6 Å². The largest absolute Gasteiger partial charge is 0.338 e. The van der Waals surface area contributed by atoms with Gasteiger partial charge in [-0.2, -0.15) is 0 Å². The summed E-state index contributed by atoms with van der Waals surface area (Å²) in [6.45, 7) is 0.706. The van der Waals surface area contributed by atoms with Crippen LogP contribution in [0.3, 0.4) is 0 Å². The van der Waals surface area contributed by atoms with Crippen LogP contribution in [0.1, 0.15) is 30.4 Å². The lowest BCUT2D eigenvalue weighted by molar-refractivity contribution is -0.139. The highest BCUT2D eigenvalue weighted by Crippen LogP contribution is 2.31. The first-order chi connectivity index (χ1) is 9.29. The van der Waals surface area contributed by atoms with Gasteiger partial charge in [0.2, 0.25) is 5.91 Å². The minimum Gasteiger partial charge on any atom is -0.338 e. The van der Waals surface area contributed by atoms with Crippen LogP contribution in [0.4, 0.5) is 0 Å². The van der Waals surface area contributed by atoms with Crippen molar-refractivity contribution >= 4 is 17.5 Å². The predicted molar refractivity (Wildman–Crippen MR) is 77.4 cm³/mol. The van der Waals surface area contributed by atoms with Crippen LogP contribution < -0.4 is 0 Å². The first kappa shape index (κ1) is 13.0. The monoisotopic (exact) mass is 277 g/mol. The van der Waals surface area contributed by atoms with Crippen LogP contribution in [-0.4, -0.2) is 29.3 Å². The zero-order valence-corrected chi connectivity index (χ0v) is 11.9. The van der Waals surface area contributed by atoms with Gasteiger partial charge < -0.3 is 4.90 Å². The van der Waals surface area contributed by atoms with Gasteiger partial charge in [-0.3, -0.25) is 4.79 Å². The quantitative estimate of drug-likeness (QED) is 0.775. The summed E-state index contributed by atoms with van der Waals surface area (Å²) < 4.78 is 0. The van der Waals surface area contributed by atoms with Crippen LogP contribution in [0.2, 0.25) is 0 Å². The standard InChI is InChI=1S/C16H20ClNO/c17-8-9-18(15-6-3-7-15)16(19)14-10-12-4-1-2-5-13(12)11-14/h1-2,4-5,14-15H,3,6-11H2. The minimum atomic E-state index is 0.140. The van der Waals surface area contributed by atoms with Gasteiger partial charge in [-0.25, -0.2) is 0 Å². The van der Waals surface area contributed by atoms with Crippen molar-refractivity contribution < 1.29 is 4.79 Å². The molecule has 0 radical (unpaired) electrons. The summed E-state index contributed by atoms with van der Waals surface area (Å²) in [6, 6.07) is 8.88. The molecule has 3 rings (SSSR count). The van der Waals surface area contributed by atoms with Crippen molar-refractivity contribution in [3.63, 3.8) is 0 Å². The SMILES string of the molecule is O=C(C1Cc2ccccc2C1)N(CCCl)C1CCC1. The number of rotatable bonds is 4. The Morgan fingerprint density at radius 2 is 1.84 bits per heavy atom. The number of fused-ring (bicyclic) bond motifs is 1. The highest BCUT2D eigenvalue weighted by atomic mass is 35.5. The van der Waals surface area contributed by atoms with Gasteiger partial charge in [-0.05, 0) is 43.2 Å². The second kappa shape index (κ2) is 5.54. The first-order valence-electron chi connectivity index (χ1n) is 7.23. The van der Waals surface area contributed by atoms with Gasteiger partial charge in [-0.15, -0.1) is 11.6 Å². The molecule has 0 spiro atoms. The van der Waals surface area contributed by atoms with Gasteiger partial charge in [-0.1, -0.05) is 24.3 Å². The molecule has 0 bridgehead atoms. The van der Waals surface area contributed by atoms with Gasteiger partial charge >= 0.3 is 0 Å². The molecule has 2 aliphatic rings. The Morgan fingerprint density at radius 3 is 2.32 bits per heavy atom. The molecule has 0 aliphatic heterocycles. The first-order valence-corrected chi connectivity index (χ1v) is 7.76. The Morgan fingerprint density at radius 1 is 1.21 bits per heavy atom. The zero-order chi connectivity index (χ0) is 13.2. The summed E-state index contributed by atoms with van der Waals surface area (Å²) in [7, 11) is 0. The fraction of sp³-hybridized carbons (Fsp3) is 0.562. The maximum atomic E-state index is 12.7. The molecule has 0 heterocycles. The van der Waals surface area contributed by atoms with E-state index >= 15 is 0 Å². The molecule has 0 unspecified atom stereocenters. The highest BCUT2D eigenvalue weighted by molar-refractivity contribution is 6.18. The number of amides is 1. The second-order valence-electron chi connectivity index (χ2n) is 5.68. The molecule has 19 heavy (non-hydrogen) atoms. The smallest absolute Gasteiger partial charge is 0.226 e. The molecule has 102 valence electrons. The van der Waals surface area contributed by atoms with E-state index in [1.54, 1.807) is 0 Å². The molecule has 0 N–H and O–H groups in total. The number of carbonyl (C=O) groups is 1. The minimum absolute atomic E-state index is 0.140. The topological polar surface area (TPSA) is 20.3 Å². The maximum absolute atomic E-state index is 12.7. The van der Waals surface area contributed by atoms with E-state index in [-0.39, 0.29) is 5.92 Å². The van der Waals surface area contributed by atoms with Gasteiger partial charge in [0.05, 0.1) is 0 Å². The molecule has 1 amide bonds. The van der Waals surface area contributed by atoms with E-state index < -0.39 is 0 Å². The zero-order valence-electron chi connectivity index (χ0n) is 11.1. The molecule has 3 heteroatoms. The van der Waals surface area contributed by atoms with Crippen molar-refractivity contribution in [1.82, 2.24) is 4.90 Å². The average Bonchev–Trinajstić information content (AvgIpc) is 2.79. The molecule has 1 aromatic carbocycles. The van der Waals surface area contributed by atoms with Crippen molar-refractivity contribution in [2.24, 2.45) is 5.92 Å². The van der Waals surface area contributed by atoms with Crippen LogP contribution in [0.15, 0.2) is 24.3 Å². The van der Waals surface area contributed by atoms with Crippen LogP contribution >= 0.6 is 11.6 Å². The van der Waals surface area contributed by atoms with E-state index in [0.717, 1.165) is 25.7 Å². The van der Waals surface area contributed by atoms with Crippen LogP contribution in [0.25, 0.3) is 0 Å². The third-order valence-corrected chi connectivity index (χ3v) is 4.69. The summed E-state index contributed by atoms with van der Waals surface area (Å²) in [5.41, 5.74) is 2.69. The molecular weight excluding hydrogens is 258 g/mol. The Kier molecular flexibility index (Phi) is 3.79. The van der Waals surface area contributed by atoms with Crippen molar-refractivity contribution in [3.8, 4) is 0 Å². The van der Waals surface area contributed by atoms with Crippen molar-refractivity contribution in [1.29, 1.82) is 0 Å². The van der Waals surface area contributed by atoms with Crippen molar-refractivity contribution in [2.75, 3.05) is 12.4 Å². The molecule has 1 saturated carbocycles. The Bertz CT molecular complexity index is 445. The van der Waals surface area contributed by atoms with Crippen molar-refractivity contribution in [2.45, 2.75) is 38.1 Å². The van der Waals surface area contributed by atoms with Gasteiger partial charge in [0.25, 0.3) is 0 Å². The second-order valence-corrected chi connectivity index (χ2v) is 6.06. The maximum Gasteiger partial charge on any atom is 0.226 e. The lowest BCUT2D eigenvalue weighted by Gasteiger charge is -2.38. The molecular formula is C16H20ClNO. The number of nitrogens with zero attached hydrogens (tertiary/aromatic N) is 1. The van der Waals surface area contributed by atoms with E-state index in [9.17, 15) is 4.79 Å². The molecule has 0 aromatic heterocycles. The average molecular weight is 278 g/mol. The summed E-state index contributed by atoms with van der Waals surface area (Å²) in [5, 5.41) is 0. The Hall–Kier alpha value is -1.02. The number of alkyl halides is 1. The number of halogens is 1.